The van der Waals surface area contributed by atoms with Crippen molar-refractivity contribution in [3.63, 3.8) is 0 Å². The van der Waals surface area contributed by atoms with Crippen molar-refractivity contribution < 1.29 is 23.5 Å². The summed E-state index contributed by atoms with van der Waals surface area (Å²) >= 11 is 0. The summed E-state index contributed by atoms with van der Waals surface area (Å²) in [6.07, 6.45) is -0.891. The zero-order valence-electron chi connectivity index (χ0n) is 15.3. The average Bonchev–Trinajstić information content (AvgIpc) is 2.89. The molecule has 6 nitrogen and oxygen atoms in total. The Labute approximate surface area is 147 Å². The van der Waals surface area contributed by atoms with E-state index in [1.807, 2.05) is 26.8 Å². The lowest BCUT2D eigenvalue weighted by atomic mass is 10.1. The van der Waals surface area contributed by atoms with Crippen LogP contribution in [0.5, 0.6) is 5.75 Å². The van der Waals surface area contributed by atoms with E-state index in [0.717, 1.165) is 5.39 Å². The van der Waals surface area contributed by atoms with Gasteiger partial charge in [0.25, 0.3) is 5.91 Å². The van der Waals surface area contributed by atoms with Gasteiger partial charge in [-0.25, -0.2) is 4.79 Å². The molecule has 0 aliphatic carbocycles. The van der Waals surface area contributed by atoms with Gasteiger partial charge in [0, 0.05) is 17.5 Å². The Bertz CT molecular complexity index is 763. The molecule has 0 aliphatic rings. The fourth-order valence-corrected chi connectivity index (χ4v) is 2.37. The Kier molecular flexibility index (Phi) is 6.07. The van der Waals surface area contributed by atoms with Crippen LogP contribution in [0.3, 0.4) is 0 Å². The minimum atomic E-state index is -0.891. The third kappa shape index (κ3) is 4.53. The first-order valence-electron chi connectivity index (χ1n) is 8.48. The quantitative estimate of drug-likeness (QED) is 0.776. The van der Waals surface area contributed by atoms with Crippen LogP contribution in [0.2, 0.25) is 0 Å². The van der Waals surface area contributed by atoms with Crippen molar-refractivity contribution in [3.05, 3.63) is 29.5 Å². The number of ether oxygens (including phenoxy) is 2. The molecule has 0 fully saturated rings. The summed E-state index contributed by atoms with van der Waals surface area (Å²) in [6.45, 7) is 10.3. The van der Waals surface area contributed by atoms with E-state index in [0.29, 0.717) is 36.0 Å². The minimum absolute atomic E-state index is 0.104. The van der Waals surface area contributed by atoms with Crippen LogP contribution in [0.25, 0.3) is 11.0 Å². The number of nitrogens with one attached hydrogen (secondary N) is 1. The van der Waals surface area contributed by atoms with Crippen molar-refractivity contribution in [2.75, 3.05) is 13.2 Å². The second-order valence-corrected chi connectivity index (χ2v) is 6.33. The summed E-state index contributed by atoms with van der Waals surface area (Å²) < 4.78 is 16.3. The Hall–Kier alpha value is -2.50. The molecule has 136 valence electrons. The highest BCUT2D eigenvalue weighted by Gasteiger charge is 2.24. The van der Waals surface area contributed by atoms with Gasteiger partial charge in [0.1, 0.15) is 11.3 Å². The van der Waals surface area contributed by atoms with Crippen molar-refractivity contribution in [1.82, 2.24) is 5.32 Å². The molecule has 0 radical (unpaired) electrons. The Balaban J connectivity index is 2.13. The first-order valence-corrected chi connectivity index (χ1v) is 8.48. The monoisotopic (exact) mass is 347 g/mol. The smallest absolute Gasteiger partial charge is 0.375 e. The molecular formula is C19H25NO5. The van der Waals surface area contributed by atoms with Crippen molar-refractivity contribution in [1.29, 1.82) is 0 Å². The molecule has 1 atom stereocenters. The molecule has 1 aromatic heterocycles. The number of hydrogen-bond donors (Lipinski definition) is 1. The lowest BCUT2D eigenvalue weighted by Crippen LogP contribution is -2.37. The zero-order valence-corrected chi connectivity index (χ0v) is 15.3. The molecule has 1 N–H and O–H groups in total. The fraction of sp³-hybridized carbons (Fsp3) is 0.474. The SMILES string of the molecule is CCOc1ccc2oc(C(=O)O[C@H](C)C(=O)NCC(C)C)c(C)c2c1. The highest BCUT2D eigenvalue weighted by atomic mass is 16.6. The van der Waals surface area contributed by atoms with Gasteiger partial charge in [-0.3, -0.25) is 4.79 Å². The summed E-state index contributed by atoms with van der Waals surface area (Å²) in [6, 6.07) is 5.36. The molecular weight excluding hydrogens is 322 g/mol. The van der Waals surface area contributed by atoms with Gasteiger partial charge in [0.2, 0.25) is 5.76 Å². The molecule has 2 aromatic rings. The van der Waals surface area contributed by atoms with Crippen LogP contribution in [0.1, 0.15) is 43.8 Å². The van der Waals surface area contributed by atoms with E-state index in [4.69, 9.17) is 13.9 Å². The van der Waals surface area contributed by atoms with Crippen LogP contribution in [-0.4, -0.2) is 31.1 Å². The van der Waals surface area contributed by atoms with Gasteiger partial charge in [0.05, 0.1) is 6.61 Å². The maximum Gasteiger partial charge on any atom is 0.375 e. The van der Waals surface area contributed by atoms with Crippen LogP contribution in [0.4, 0.5) is 0 Å². The molecule has 0 saturated carbocycles. The third-order valence-corrected chi connectivity index (χ3v) is 3.74. The van der Waals surface area contributed by atoms with Crippen molar-refractivity contribution in [2.24, 2.45) is 5.92 Å². The number of furan rings is 1. The summed E-state index contributed by atoms with van der Waals surface area (Å²) in [7, 11) is 0. The predicted octanol–water partition coefficient (Wildman–Crippen LogP) is 3.46. The fourth-order valence-electron chi connectivity index (χ4n) is 2.37. The van der Waals surface area contributed by atoms with Gasteiger partial charge in [-0.15, -0.1) is 0 Å². The standard InChI is InChI=1S/C19H25NO5/c1-6-23-14-7-8-16-15(9-14)12(4)17(25-16)19(22)24-13(5)18(21)20-10-11(2)3/h7-9,11,13H,6,10H2,1-5H3,(H,20,21)/t13-/m1/s1. The second-order valence-electron chi connectivity index (χ2n) is 6.33. The number of carbonyl (C=O) groups is 2. The van der Waals surface area contributed by atoms with Crippen LogP contribution in [0, 0.1) is 12.8 Å². The average molecular weight is 347 g/mol. The van der Waals surface area contributed by atoms with E-state index < -0.39 is 12.1 Å². The highest BCUT2D eigenvalue weighted by Crippen LogP contribution is 2.29. The molecule has 0 saturated heterocycles. The zero-order chi connectivity index (χ0) is 18.6. The van der Waals surface area contributed by atoms with Gasteiger partial charge >= 0.3 is 5.97 Å². The molecule has 6 heteroatoms. The normalized spacial score (nSPS) is 12.2. The van der Waals surface area contributed by atoms with E-state index in [9.17, 15) is 9.59 Å². The molecule has 2 rings (SSSR count). The molecule has 0 bridgehead atoms. The van der Waals surface area contributed by atoms with Crippen LogP contribution in [-0.2, 0) is 9.53 Å². The first kappa shape index (κ1) is 18.8. The lowest BCUT2D eigenvalue weighted by Gasteiger charge is -2.14. The summed E-state index contributed by atoms with van der Waals surface area (Å²) in [5.74, 6) is 0.157. The van der Waals surface area contributed by atoms with E-state index in [1.54, 1.807) is 26.0 Å². The van der Waals surface area contributed by atoms with E-state index in [-0.39, 0.29) is 11.7 Å². The maximum atomic E-state index is 12.4. The molecule has 0 aliphatic heterocycles. The van der Waals surface area contributed by atoms with Gasteiger partial charge in [-0.05, 0) is 44.9 Å². The molecule has 1 heterocycles. The van der Waals surface area contributed by atoms with Gasteiger partial charge in [-0.1, -0.05) is 13.8 Å². The largest absolute Gasteiger partial charge is 0.494 e. The van der Waals surface area contributed by atoms with E-state index >= 15 is 0 Å². The Morgan fingerprint density at radius 3 is 2.60 bits per heavy atom. The number of amides is 1. The van der Waals surface area contributed by atoms with Crippen molar-refractivity contribution >= 4 is 22.8 Å². The molecule has 1 aromatic carbocycles. The van der Waals surface area contributed by atoms with Crippen LogP contribution < -0.4 is 10.1 Å². The molecule has 0 unspecified atom stereocenters. The number of hydrogen-bond acceptors (Lipinski definition) is 5. The molecule has 25 heavy (non-hydrogen) atoms. The minimum Gasteiger partial charge on any atom is -0.494 e. The van der Waals surface area contributed by atoms with Gasteiger partial charge in [-0.2, -0.15) is 0 Å². The lowest BCUT2D eigenvalue weighted by molar-refractivity contribution is -0.129. The number of benzene rings is 1. The van der Waals surface area contributed by atoms with E-state index in [1.165, 1.54) is 0 Å². The highest BCUT2D eigenvalue weighted by molar-refractivity contribution is 5.97. The Morgan fingerprint density at radius 2 is 1.96 bits per heavy atom. The summed E-state index contributed by atoms with van der Waals surface area (Å²) in [5, 5.41) is 3.52. The molecule has 1 amide bonds. The van der Waals surface area contributed by atoms with Crippen molar-refractivity contribution in [2.45, 2.75) is 40.7 Å². The number of fused-ring (bicyclic) bond motifs is 1. The first-order chi connectivity index (χ1) is 11.8. The summed E-state index contributed by atoms with van der Waals surface area (Å²) in [4.78, 5) is 24.3. The van der Waals surface area contributed by atoms with Crippen molar-refractivity contribution in [3.8, 4) is 5.75 Å². The van der Waals surface area contributed by atoms with Gasteiger partial charge in [0.15, 0.2) is 6.10 Å². The third-order valence-electron chi connectivity index (χ3n) is 3.74. The predicted molar refractivity (Wildman–Crippen MR) is 94.8 cm³/mol. The second kappa shape index (κ2) is 8.05. The number of carbonyl (C=O) groups excluding carboxylic acids is 2. The Morgan fingerprint density at radius 1 is 1.24 bits per heavy atom. The topological polar surface area (TPSA) is 77.8 Å². The van der Waals surface area contributed by atoms with Gasteiger partial charge < -0.3 is 19.2 Å². The number of esters is 1. The number of aryl methyl sites for hydroxylation is 1. The maximum absolute atomic E-state index is 12.4. The summed E-state index contributed by atoms with van der Waals surface area (Å²) in [5.41, 5.74) is 1.24. The number of rotatable bonds is 7. The molecule has 0 spiro atoms. The van der Waals surface area contributed by atoms with Crippen LogP contribution in [0.15, 0.2) is 22.6 Å². The van der Waals surface area contributed by atoms with Crippen LogP contribution >= 0.6 is 0 Å². The van der Waals surface area contributed by atoms with E-state index in [2.05, 4.69) is 5.32 Å².